The molecule has 5 heteroatoms. The Kier molecular flexibility index (Phi) is 2.90. The molecule has 2 atom stereocenters. The maximum absolute atomic E-state index is 10.8. The van der Waals surface area contributed by atoms with Crippen molar-refractivity contribution >= 4 is 10.1 Å². The molecule has 0 heterocycles. The largest absolute Gasteiger partial charge is 0.313 e. The number of hydrogen-bond donors (Lipinski definition) is 2. The first-order valence-corrected chi connectivity index (χ1v) is 5.44. The third-order valence-electron chi connectivity index (χ3n) is 2.11. The third kappa shape index (κ3) is 2.40. The van der Waals surface area contributed by atoms with Gasteiger partial charge >= 0.3 is 0 Å². The van der Waals surface area contributed by atoms with Gasteiger partial charge in [-0.2, -0.15) is 8.42 Å². The van der Waals surface area contributed by atoms with Crippen molar-refractivity contribution in [3.05, 3.63) is 23.1 Å². The Labute approximate surface area is 78.1 Å². The quantitative estimate of drug-likeness (QED) is 0.643. The molecule has 0 amide bonds. The summed E-state index contributed by atoms with van der Waals surface area (Å²) in [5, 5.41) is 2.95. The van der Waals surface area contributed by atoms with E-state index in [1.807, 2.05) is 6.92 Å². The zero-order valence-corrected chi connectivity index (χ0v) is 8.38. The van der Waals surface area contributed by atoms with Gasteiger partial charge in [-0.25, -0.2) is 0 Å². The third-order valence-corrected chi connectivity index (χ3v) is 2.97. The van der Waals surface area contributed by atoms with Gasteiger partial charge in [-0.3, -0.25) is 4.55 Å². The Morgan fingerprint density at radius 3 is 2.62 bits per heavy atom. The van der Waals surface area contributed by atoms with Crippen LogP contribution in [0.25, 0.3) is 0 Å². The van der Waals surface area contributed by atoms with Crippen LogP contribution in [-0.2, 0) is 10.1 Å². The average Bonchev–Trinajstić information content (AvgIpc) is 2.03. The highest BCUT2D eigenvalue weighted by Crippen LogP contribution is 2.19. The van der Waals surface area contributed by atoms with E-state index in [0.29, 0.717) is 0 Å². The second kappa shape index (κ2) is 3.61. The fourth-order valence-corrected chi connectivity index (χ4v) is 1.84. The van der Waals surface area contributed by atoms with Gasteiger partial charge in [0.2, 0.25) is 0 Å². The van der Waals surface area contributed by atoms with Crippen LogP contribution in [-0.4, -0.2) is 26.1 Å². The molecular weight excluding hydrogens is 190 g/mol. The van der Waals surface area contributed by atoms with E-state index in [-0.39, 0.29) is 16.9 Å². The zero-order valence-electron chi connectivity index (χ0n) is 7.56. The first-order chi connectivity index (χ1) is 5.95. The molecule has 4 nitrogen and oxygen atoms in total. The van der Waals surface area contributed by atoms with Crippen LogP contribution in [0.4, 0.5) is 0 Å². The molecule has 0 saturated carbocycles. The summed E-state index contributed by atoms with van der Waals surface area (Å²) in [6, 6.07) is -0.0399. The van der Waals surface area contributed by atoms with Crippen LogP contribution in [0.15, 0.2) is 23.1 Å². The van der Waals surface area contributed by atoms with E-state index in [4.69, 9.17) is 4.55 Å². The number of nitrogens with one attached hydrogen (secondary N) is 1. The minimum atomic E-state index is -4.06. The smallest absolute Gasteiger partial charge is 0.294 e. The summed E-state index contributed by atoms with van der Waals surface area (Å²) < 4.78 is 30.3. The molecule has 0 aromatic heterocycles. The molecule has 1 rings (SSSR count). The average molecular weight is 203 g/mol. The van der Waals surface area contributed by atoms with Crippen molar-refractivity contribution in [1.82, 2.24) is 5.32 Å². The van der Waals surface area contributed by atoms with Gasteiger partial charge in [0, 0.05) is 6.04 Å². The molecule has 1 aliphatic rings. The summed E-state index contributed by atoms with van der Waals surface area (Å²) >= 11 is 0. The fraction of sp³-hybridized carbons (Fsp3) is 0.500. The first kappa shape index (κ1) is 10.4. The number of likely N-dealkylation sites (N-methyl/N-ethyl adjacent to an activating group) is 1. The van der Waals surface area contributed by atoms with Gasteiger partial charge in [0.05, 0.1) is 4.91 Å². The predicted octanol–water partition coefficient (Wildman–Crippen LogP) is 0.552. The molecule has 0 bridgehead atoms. The summed E-state index contributed by atoms with van der Waals surface area (Å²) in [6.07, 6.45) is 4.69. The molecule has 0 fully saturated rings. The van der Waals surface area contributed by atoms with Crippen LogP contribution in [0.1, 0.15) is 6.92 Å². The second-order valence-corrected chi connectivity index (χ2v) is 4.50. The fourth-order valence-electron chi connectivity index (χ4n) is 1.27. The minimum absolute atomic E-state index is 0.0371. The van der Waals surface area contributed by atoms with E-state index in [9.17, 15) is 8.42 Å². The van der Waals surface area contributed by atoms with Crippen molar-refractivity contribution in [2.75, 3.05) is 7.05 Å². The van der Waals surface area contributed by atoms with Gasteiger partial charge in [0.15, 0.2) is 0 Å². The Bertz CT molecular complexity index is 342. The molecule has 0 aromatic rings. The highest BCUT2D eigenvalue weighted by atomic mass is 32.2. The summed E-state index contributed by atoms with van der Waals surface area (Å²) in [7, 11) is -2.31. The molecule has 0 aliphatic heterocycles. The molecule has 13 heavy (non-hydrogen) atoms. The van der Waals surface area contributed by atoms with E-state index >= 15 is 0 Å². The van der Waals surface area contributed by atoms with E-state index in [2.05, 4.69) is 5.32 Å². The van der Waals surface area contributed by atoms with Gasteiger partial charge < -0.3 is 5.32 Å². The van der Waals surface area contributed by atoms with Crippen LogP contribution in [0.5, 0.6) is 0 Å². The first-order valence-electron chi connectivity index (χ1n) is 4.00. The Morgan fingerprint density at radius 1 is 1.54 bits per heavy atom. The van der Waals surface area contributed by atoms with E-state index in [1.165, 1.54) is 12.2 Å². The molecule has 0 radical (unpaired) electrons. The van der Waals surface area contributed by atoms with Crippen LogP contribution in [0.2, 0.25) is 0 Å². The Balaban J connectivity index is 2.98. The normalized spacial score (nSPS) is 28.7. The Hall–Kier alpha value is -0.650. The van der Waals surface area contributed by atoms with Crippen molar-refractivity contribution in [2.45, 2.75) is 13.0 Å². The standard InChI is InChI=1S/C8H13NO3S/c1-6-3-4-7(13(10,11)12)5-8(6)9-2/h3-6,8-9H,1-2H3,(H,10,11,12). The van der Waals surface area contributed by atoms with Crippen molar-refractivity contribution < 1.29 is 13.0 Å². The summed E-state index contributed by atoms with van der Waals surface area (Å²) in [4.78, 5) is -0.0371. The summed E-state index contributed by atoms with van der Waals surface area (Å²) in [6.45, 7) is 1.97. The highest BCUT2D eigenvalue weighted by Gasteiger charge is 2.20. The van der Waals surface area contributed by atoms with Gasteiger partial charge in [0.1, 0.15) is 0 Å². The van der Waals surface area contributed by atoms with E-state index < -0.39 is 10.1 Å². The predicted molar refractivity (Wildman–Crippen MR) is 50.8 cm³/mol. The van der Waals surface area contributed by atoms with Crippen molar-refractivity contribution in [1.29, 1.82) is 0 Å². The van der Waals surface area contributed by atoms with Crippen molar-refractivity contribution in [3.8, 4) is 0 Å². The lowest BCUT2D eigenvalue weighted by Gasteiger charge is -2.21. The van der Waals surface area contributed by atoms with Crippen LogP contribution >= 0.6 is 0 Å². The molecular formula is C8H13NO3S. The van der Waals surface area contributed by atoms with E-state index in [1.54, 1.807) is 13.1 Å². The van der Waals surface area contributed by atoms with Crippen molar-refractivity contribution in [3.63, 3.8) is 0 Å². The van der Waals surface area contributed by atoms with Gasteiger partial charge in [-0.05, 0) is 25.1 Å². The number of hydrogen-bond acceptors (Lipinski definition) is 3. The monoisotopic (exact) mass is 203 g/mol. The molecule has 0 aromatic carbocycles. The molecule has 74 valence electrons. The molecule has 2 N–H and O–H groups in total. The Morgan fingerprint density at radius 2 is 2.15 bits per heavy atom. The van der Waals surface area contributed by atoms with Crippen molar-refractivity contribution in [2.24, 2.45) is 5.92 Å². The summed E-state index contributed by atoms with van der Waals surface area (Å²) in [5.74, 6) is 0.232. The zero-order chi connectivity index (χ0) is 10.1. The maximum atomic E-state index is 10.8. The number of rotatable bonds is 2. The lowest BCUT2D eigenvalue weighted by molar-refractivity contribution is 0.488. The lowest BCUT2D eigenvalue weighted by Crippen LogP contribution is -2.31. The number of allylic oxidation sites excluding steroid dienone is 1. The highest BCUT2D eigenvalue weighted by molar-refractivity contribution is 7.90. The van der Waals surface area contributed by atoms with Gasteiger partial charge in [-0.15, -0.1) is 0 Å². The van der Waals surface area contributed by atoms with Crippen LogP contribution in [0, 0.1) is 5.92 Å². The minimum Gasteiger partial charge on any atom is -0.313 e. The summed E-state index contributed by atoms with van der Waals surface area (Å²) in [5.41, 5.74) is 0. The lowest BCUT2D eigenvalue weighted by atomic mass is 9.97. The van der Waals surface area contributed by atoms with Crippen LogP contribution < -0.4 is 5.32 Å². The second-order valence-electron chi connectivity index (χ2n) is 3.08. The molecule has 1 aliphatic carbocycles. The van der Waals surface area contributed by atoms with E-state index in [0.717, 1.165) is 0 Å². The maximum Gasteiger partial charge on any atom is 0.294 e. The molecule has 2 unspecified atom stereocenters. The van der Waals surface area contributed by atoms with Gasteiger partial charge in [0.25, 0.3) is 10.1 Å². The van der Waals surface area contributed by atoms with Gasteiger partial charge in [-0.1, -0.05) is 13.0 Å². The molecule has 0 spiro atoms. The van der Waals surface area contributed by atoms with Crippen LogP contribution in [0.3, 0.4) is 0 Å². The SMILES string of the molecule is CNC1C=C(S(=O)(=O)O)C=CC1C. The topological polar surface area (TPSA) is 66.4 Å². The molecule has 0 saturated heterocycles.